The molecule has 2 aromatic rings. The number of ether oxygens (including phenoxy) is 2. The molecule has 2 saturated heterocycles. The number of aliphatic hydroxyl groups excluding tert-OH is 1. The first-order valence-corrected chi connectivity index (χ1v) is 12.0. The molecule has 0 aromatic heterocycles. The number of morpholine rings is 1. The van der Waals surface area contributed by atoms with E-state index in [-0.39, 0.29) is 11.3 Å². The van der Waals surface area contributed by atoms with Gasteiger partial charge in [0.15, 0.2) is 0 Å². The minimum Gasteiger partial charge on any atom is -0.507 e. The molecule has 1 N–H and O–H groups in total. The summed E-state index contributed by atoms with van der Waals surface area (Å²) >= 11 is 6.09. The summed E-state index contributed by atoms with van der Waals surface area (Å²) in [4.78, 5) is 30.1. The molecule has 2 aromatic carbocycles. The second-order valence-corrected chi connectivity index (χ2v) is 9.01. The first kappa shape index (κ1) is 25.0. The van der Waals surface area contributed by atoms with Gasteiger partial charge in [0.1, 0.15) is 18.1 Å². The molecular weight excluding hydrogens is 468 g/mol. The Labute approximate surface area is 210 Å². The number of benzene rings is 2. The highest BCUT2D eigenvalue weighted by Gasteiger charge is 2.46. The minimum absolute atomic E-state index is 0.0680. The van der Waals surface area contributed by atoms with Crippen molar-refractivity contribution in [3.05, 3.63) is 82.4 Å². The average Bonchev–Trinajstić information content (AvgIpc) is 3.12. The number of carbonyl (C=O) groups is 2. The number of rotatable bonds is 8. The van der Waals surface area contributed by atoms with Crippen LogP contribution in [-0.2, 0) is 14.3 Å². The third kappa shape index (κ3) is 5.42. The van der Waals surface area contributed by atoms with E-state index in [1.165, 1.54) is 0 Å². The number of nitrogens with zero attached hydrogens (tertiary/aromatic N) is 2. The highest BCUT2D eigenvalue weighted by molar-refractivity contribution is 6.46. The van der Waals surface area contributed by atoms with Gasteiger partial charge in [0, 0.05) is 36.8 Å². The summed E-state index contributed by atoms with van der Waals surface area (Å²) in [6.07, 6.45) is 1.65. The maximum absolute atomic E-state index is 13.2. The molecule has 1 unspecified atom stereocenters. The van der Waals surface area contributed by atoms with Crippen LogP contribution in [0.2, 0.25) is 5.02 Å². The Kier molecular flexibility index (Phi) is 7.90. The van der Waals surface area contributed by atoms with Gasteiger partial charge in [-0.05, 0) is 48.4 Å². The molecule has 2 aliphatic rings. The number of aryl methyl sites for hydroxylation is 1. The number of ketones is 1. The fraction of sp³-hybridized carbons (Fsp3) is 0.333. The zero-order valence-corrected chi connectivity index (χ0v) is 20.5. The predicted octanol–water partition coefficient (Wildman–Crippen LogP) is 3.97. The Morgan fingerprint density at radius 2 is 1.89 bits per heavy atom. The Morgan fingerprint density at radius 3 is 2.54 bits per heavy atom. The fourth-order valence-electron chi connectivity index (χ4n) is 4.44. The summed E-state index contributed by atoms with van der Waals surface area (Å²) in [7, 11) is 0. The van der Waals surface area contributed by atoms with Gasteiger partial charge in [-0.3, -0.25) is 14.5 Å². The molecule has 1 amide bonds. The van der Waals surface area contributed by atoms with E-state index in [1.54, 1.807) is 53.4 Å². The molecular formula is C27H29ClN2O5. The van der Waals surface area contributed by atoms with Crippen LogP contribution in [0.25, 0.3) is 5.76 Å². The van der Waals surface area contributed by atoms with Gasteiger partial charge in [-0.1, -0.05) is 36.4 Å². The van der Waals surface area contributed by atoms with E-state index in [2.05, 4.69) is 11.5 Å². The predicted molar refractivity (Wildman–Crippen MR) is 135 cm³/mol. The topological polar surface area (TPSA) is 79.3 Å². The first-order valence-electron chi connectivity index (χ1n) is 11.6. The van der Waals surface area contributed by atoms with Crippen molar-refractivity contribution in [3.8, 4) is 5.75 Å². The van der Waals surface area contributed by atoms with Crippen LogP contribution < -0.4 is 4.74 Å². The molecule has 7 nitrogen and oxygen atoms in total. The lowest BCUT2D eigenvalue weighted by Crippen LogP contribution is -2.42. The molecule has 184 valence electrons. The smallest absolute Gasteiger partial charge is 0.295 e. The third-order valence-electron chi connectivity index (χ3n) is 6.29. The van der Waals surface area contributed by atoms with Crippen LogP contribution in [0, 0.1) is 6.92 Å². The van der Waals surface area contributed by atoms with E-state index in [1.807, 2.05) is 6.92 Å². The molecule has 1 atom stereocenters. The zero-order chi connectivity index (χ0) is 24.9. The Bertz CT molecular complexity index is 1140. The second kappa shape index (κ2) is 11.1. The van der Waals surface area contributed by atoms with Crippen molar-refractivity contribution < 1.29 is 24.2 Å². The largest absolute Gasteiger partial charge is 0.507 e. The first-order chi connectivity index (χ1) is 16.9. The van der Waals surface area contributed by atoms with E-state index in [9.17, 15) is 14.7 Å². The van der Waals surface area contributed by atoms with Crippen LogP contribution in [0.4, 0.5) is 0 Å². The van der Waals surface area contributed by atoms with Crippen LogP contribution in [0.3, 0.4) is 0 Å². The van der Waals surface area contributed by atoms with Crippen molar-refractivity contribution in [1.82, 2.24) is 9.80 Å². The Morgan fingerprint density at radius 1 is 1.17 bits per heavy atom. The van der Waals surface area contributed by atoms with Crippen LogP contribution in [0.15, 0.2) is 60.7 Å². The van der Waals surface area contributed by atoms with Crippen LogP contribution in [0.1, 0.15) is 22.7 Å². The van der Waals surface area contributed by atoms with Gasteiger partial charge >= 0.3 is 0 Å². The van der Waals surface area contributed by atoms with Gasteiger partial charge in [0.05, 0.1) is 24.8 Å². The molecule has 0 spiro atoms. The number of Topliss-reactive ketones (excluding diaryl/α,β-unsaturated/α-hetero) is 1. The standard InChI is InChI=1S/C27H29ClN2O5/c1-3-14-35-22-9-6-20(17-18(22)2)25(31)23-24(19-4-7-21(28)8-5-19)30(27(33)26(23)32)11-10-29-12-15-34-16-13-29/h3-9,17,24,31H,1,10-16H2,2H3. The summed E-state index contributed by atoms with van der Waals surface area (Å²) in [6.45, 7) is 9.65. The monoisotopic (exact) mass is 496 g/mol. The van der Waals surface area contributed by atoms with E-state index in [4.69, 9.17) is 21.1 Å². The summed E-state index contributed by atoms with van der Waals surface area (Å²) in [5, 5.41) is 11.8. The molecule has 35 heavy (non-hydrogen) atoms. The highest BCUT2D eigenvalue weighted by Crippen LogP contribution is 2.40. The van der Waals surface area contributed by atoms with Gasteiger partial charge in [-0.2, -0.15) is 0 Å². The molecule has 8 heteroatoms. The fourth-order valence-corrected chi connectivity index (χ4v) is 4.57. The van der Waals surface area contributed by atoms with Crippen molar-refractivity contribution in [2.75, 3.05) is 46.0 Å². The zero-order valence-electron chi connectivity index (χ0n) is 19.7. The van der Waals surface area contributed by atoms with Gasteiger partial charge in [0.25, 0.3) is 11.7 Å². The highest BCUT2D eigenvalue weighted by atomic mass is 35.5. The van der Waals surface area contributed by atoms with E-state index < -0.39 is 17.7 Å². The van der Waals surface area contributed by atoms with E-state index >= 15 is 0 Å². The van der Waals surface area contributed by atoms with E-state index in [0.29, 0.717) is 54.8 Å². The number of carbonyl (C=O) groups excluding carboxylic acids is 2. The van der Waals surface area contributed by atoms with Crippen molar-refractivity contribution >= 4 is 29.1 Å². The van der Waals surface area contributed by atoms with Crippen LogP contribution in [0.5, 0.6) is 5.75 Å². The maximum atomic E-state index is 13.2. The summed E-state index contributed by atoms with van der Waals surface area (Å²) in [5.41, 5.74) is 2.01. The Hall–Kier alpha value is -3.13. The maximum Gasteiger partial charge on any atom is 0.295 e. The third-order valence-corrected chi connectivity index (χ3v) is 6.54. The lowest BCUT2D eigenvalue weighted by molar-refractivity contribution is -0.140. The lowest BCUT2D eigenvalue weighted by atomic mass is 9.95. The van der Waals surface area contributed by atoms with Crippen LogP contribution >= 0.6 is 11.6 Å². The molecule has 0 bridgehead atoms. The quantitative estimate of drug-likeness (QED) is 0.258. The second-order valence-electron chi connectivity index (χ2n) is 8.58. The molecule has 0 radical (unpaired) electrons. The van der Waals surface area contributed by atoms with Gasteiger partial charge < -0.3 is 19.5 Å². The Balaban J connectivity index is 1.71. The number of amides is 1. The number of hydrogen-bond donors (Lipinski definition) is 1. The van der Waals surface area contributed by atoms with E-state index in [0.717, 1.165) is 18.7 Å². The summed E-state index contributed by atoms with van der Waals surface area (Å²) in [6, 6.07) is 11.4. The number of aliphatic hydroxyl groups is 1. The molecule has 2 fully saturated rings. The average molecular weight is 497 g/mol. The van der Waals surface area contributed by atoms with Gasteiger partial charge in [0.2, 0.25) is 0 Å². The summed E-state index contributed by atoms with van der Waals surface area (Å²) < 4.78 is 11.0. The molecule has 4 rings (SSSR count). The van der Waals surface area contributed by atoms with Gasteiger partial charge in [-0.15, -0.1) is 0 Å². The molecule has 0 aliphatic carbocycles. The summed E-state index contributed by atoms with van der Waals surface area (Å²) in [5.74, 6) is -0.881. The minimum atomic E-state index is -0.717. The molecule has 2 heterocycles. The SMILES string of the molecule is C=CCOc1ccc(C(O)=C2C(=O)C(=O)N(CCN3CCOCC3)C2c2ccc(Cl)cc2)cc1C. The number of hydrogen-bond acceptors (Lipinski definition) is 6. The normalized spacial score (nSPS) is 20.3. The van der Waals surface area contributed by atoms with Gasteiger partial charge in [-0.25, -0.2) is 0 Å². The molecule has 2 aliphatic heterocycles. The van der Waals surface area contributed by atoms with Crippen molar-refractivity contribution in [2.45, 2.75) is 13.0 Å². The van der Waals surface area contributed by atoms with Crippen molar-refractivity contribution in [1.29, 1.82) is 0 Å². The van der Waals surface area contributed by atoms with Crippen molar-refractivity contribution in [2.24, 2.45) is 0 Å². The number of likely N-dealkylation sites (tertiary alicyclic amines) is 1. The number of halogens is 1. The lowest BCUT2D eigenvalue weighted by Gasteiger charge is -2.31. The van der Waals surface area contributed by atoms with Crippen LogP contribution in [-0.4, -0.2) is 72.6 Å². The molecule has 0 saturated carbocycles. The van der Waals surface area contributed by atoms with Crippen molar-refractivity contribution in [3.63, 3.8) is 0 Å².